The molecule has 0 bridgehead atoms. The molecule has 0 spiro atoms. The Balaban J connectivity index is 2.25. The molecule has 1 heterocycles. The molecular weight excluding hydrogens is 374 g/mol. The molecule has 1 fully saturated rings. The molecule has 21 heavy (non-hydrogen) atoms. The van der Waals surface area contributed by atoms with Gasteiger partial charge >= 0.3 is 5.97 Å². The van der Waals surface area contributed by atoms with Crippen molar-refractivity contribution in [1.29, 1.82) is 0 Å². The quantitative estimate of drug-likeness (QED) is 0.454. The van der Waals surface area contributed by atoms with Crippen LogP contribution in [0.3, 0.4) is 0 Å². The number of methoxy groups -OCH3 is 1. The molecule has 1 atom stereocenters. The molecule has 0 aromatic heterocycles. The zero-order valence-electron chi connectivity index (χ0n) is 11.3. The summed E-state index contributed by atoms with van der Waals surface area (Å²) in [6.07, 6.45) is 1.76. The van der Waals surface area contributed by atoms with Crippen LogP contribution in [0.25, 0.3) is 6.08 Å². The summed E-state index contributed by atoms with van der Waals surface area (Å²) < 4.78 is 5.99. The molecular formula is C14H12BrNO3S2. The highest BCUT2D eigenvalue weighted by Crippen LogP contribution is 2.34. The van der Waals surface area contributed by atoms with Crippen molar-refractivity contribution >= 4 is 62.2 Å². The van der Waals surface area contributed by atoms with Gasteiger partial charge in [-0.3, -0.25) is 9.69 Å². The van der Waals surface area contributed by atoms with E-state index in [1.54, 1.807) is 13.0 Å². The summed E-state index contributed by atoms with van der Waals surface area (Å²) in [4.78, 5) is 25.8. The zero-order chi connectivity index (χ0) is 15.6. The maximum atomic E-state index is 12.4. The predicted octanol–water partition coefficient (Wildman–Crippen LogP) is 3.21. The maximum absolute atomic E-state index is 12.4. The first-order chi connectivity index (χ1) is 9.93. The Labute approximate surface area is 140 Å². The second-order valence-corrected chi connectivity index (χ2v) is 6.89. The molecule has 1 unspecified atom stereocenters. The topological polar surface area (TPSA) is 46.6 Å². The number of benzene rings is 1. The highest BCUT2D eigenvalue weighted by Gasteiger charge is 2.38. The number of rotatable bonds is 3. The van der Waals surface area contributed by atoms with Gasteiger partial charge in [-0.2, -0.15) is 0 Å². The third-order valence-electron chi connectivity index (χ3n) is 2.92. The average Bonchev–Trinajstić information content (AvgIpc) is 2.74. The summed E-state index contributed by atoms with van der Waals surface area (Å²) in [5.41, 5.74) is 0.893. The first-order valence-corrected chi connectivity index (χ1v) is 8.06. The molecule has 0 saturated carbocycles. The molecule has 1 aliphatic heterocycles. The molecule has 2 rings (SSSR count). The number of hydrogen-bond donors (Lipinski definition) is 0. The summed E-state index contributed by atoms with van der Waals surface area (Å²) >= 11 is 9.73. The predicted molar refractivity (Wildman–Crippen MR) is 90.6 cm³/mol. The molecule has 1 aliphatic rings. The van der Waals surface area contributed by atoms with Gasteiger partial charge < -0.3 is 4.74 Å². The number of thioether (sulfide) groups is 1. The second-order valence-electron chi connectivity index (χ2n) is 4.30. The third kappa shape index (κ3) is 3.53. The van der Waals surface area contributed by atoms with E-state index in [9.17, 15) is 9.59 Å². The Bertz CT molecular complexity index is 628. The summed E-state index contributed by atoms with van der Waals surface area (Å²) in [5.74, 6) is -0.762. The van der Waals surface area contributed by atoms with Crippen LogP contribution in [-0.2, 0) is 14.3 Å². The lowest BCUT2D eigenvalue weighted by atomic mass is 10.2. The summed E-state index contributed by atoms with van der Waals surface area (Å²) in [7, 11) is 1.29. The van der Waals surface area contributed by atoms with Gasteiger partial charge in [0.2, 0.25) is 0 Å². The van der Waals surface area contributed by atoms with E-state index in [0.717, 1.165) is 10.0 Å². The number of amides is 1. The Morgan fingerprint density at radius 1 is 1.43 bits per heavy atom. The fourth-order valence-corrected chi connectivity index (χ4v) is 3.48. The molecule has 0 aliphatic carbocycles. The molecule has 110 valence electrons. The van der Waals surface area contributed by atoms with Crippen LogP contribution in [0.2, 0.25) is 0 Å². The Morgan fingerprint density at radius 3 is 2.62 bits per heavy atom. The van der Waals surface area contributed by atoms with E-state index < -0.39 is 12.0 Å². The summed E-state index contributed by atoms with van der Waals surface area (Å²) in [6.45, 7) is 1.60. The van der Waals surface area contributed by atoms with Gasteiger partial charge in [-0.15, -0.1) is 0 Å². The van der Waals surface area contributed by atoms with E-state index >= 15 is 0 Å². The molecule has 1 saturated heterocycles. The van der Waals surface area contributed by atoms with E-state index in [1.165, 1.54) is 23.8 Å². The van der Waals surface area contributed by atoms with Gasteiger partial charge in [0.15, 0.2) is 0 Å². The fraction of sp³-hybridized carbons (Fsp3) is 0.214. The van der Waals surface area contributed by atoms with E-state index in [0.29, 0.717) is 9.23 Å². The third-order valence-corrected chi connectivity index (χ3v) is 4.78. The average molecular weight is 386 g/mol. The van der Waals surface area contributed by atoms with Crippen molar-refractivity contribution in [1.82, 2.24) is 4.90 Å². The van der Waals surface area contributed by atoms with Crippen LogP contribution in [-0.4, -0.2) is 34.2 Å². The monoisotopic (exact) mass is 385 g/mol. The Kier molecular flexibility index (Phi) is 5.18. The number of halogens is 1. The minimum Gasteiger partial charge on any atom is -0.467 e. The van der Waals surface area contributed by atoms with E-state index in [4.69, 9.17) is 12.2 Å². The van der Waals surface area contributed by atoms with Crippen LogP contribution < -0.4 is 0 Å². The number of carbonyl (C=O) groups excluding carboxylic acids is 2. The standard InChI is InChI=1S/C14H12BrNO3S2/c1-8(13(18)19-2)16-12(17)11(21-14(16)20)7-9-3-5-10(15)6-4-9/h3-8H,1-2H3. The largest absolute Gasteiger partial charge is 0.467 e. The van der Waals surface area contributed by atoms with Gasteiger partial charge in [-0.1, -0.05) is 52.0 Å². The number of ether oxygens (including phenoxy) is 1. The van der Waals surface area contributed by atoms with Crippen LogP contribution in [0.5, 0.6) is 0 Å². The second kappa shape index (κ2) is 6.72. The van der Waals surface area contributed by atoms with Gasteiger partial charge in [0.05, 0.1) is 12.0 Å². The number of hydrogen-bond acceptors (Lipinski definition) is 5. The lowest BCUT2D eigenvalue weighted by Crippen LogP contribution is -2.42. The van der Waals surface area contributed by atoms with Gasteiger partial charge in [-0.05, 0) is 30.7 Å². The van der Waals surface area contributed by atoms with Crippen molar-refractivity contribution in [2.45, 2.75) is 13.0 Å². The van der Waals surface area contributed by atoms with Crippen LogP contribution in [0.4, 0.5) is 0 Å². The van der Waals surface area contributed by atoms with Crippen molar-refractivity contribution in [2.75, 3.05) is 7.11 Å². The highest BCUT2D eigenvalue weighted by molar-refractivity contribution is 9.10. The molecule has 1 aromatic carbocycles. The Hall–Kier alpha value is -1.18. The van der Waals surface area contributed by atoms with Crippen LogP contribution in [0.15, 0.2) is 33.6 Å². The van der Waals surface area contributed by atoms with E-state index in [1.807, 2.05) is 24.3 Å². The van der Waals surface area contributed by atoms with Gasteiger partial charge in [0.25, 0.3) is 5.91 Å². The molecule has 0 radical (unpaired) electrons. The highest BCUT2D eigenvalue weighted by atomic mass is 79.9. The fourth-order valence-electron chi connectivity index (χ4n) is 1.80. The molecule has 0 N–H and O–H groups in total. The van der Waals surface area contributed by atoms with Crippen molar-refractivity contribution < 1.29 is 14.3 Å². The SMILES string of the molecule is COC(=O)C(C)N1C(=O)C(=Cc2ccc(Br)cc2)SC1=S. The first kappa shape index (κ1) is 16.2. The van der Waals surface area contributed by atoms with Crippen molar-refractivity contribution in [2.24, 2.45) is 0 Å². The van der Waals surface area contributed by atoms with E-state index in [2.05, 4.69) is 20.7 Å². The Morgan fingerprint density at radius 2 is 2.05 bits per heavy atom. The smallest absolute Gasteiger partial charge is 0.328 e. The van der Waals surface area contributed by atoms with Gasteiger partial charge in [0.1, 0.15) is 10.4 Å². The van der Waals surface area contributed by atoms with Crippen LogP contribution in [0.1, 0.15) is 12.5 Å². The minimum atomic E-state index is -0.724. The lowest BCUT2D eigenvalue weighted by molar-refractivity contribution is -0.147. The zero-order valence-corrected chi connectivity index (χ0v) is 14.5. The van der Waals surface area contributed by atoms with Gasteiger partial charge in [-0.25, -0.2) is 4.79 Å². The van der Waals surface area contributed by atoms with Gasteiger partial charge in [0, 0.05) is 4.47 Å². The molecule has 4 nitrogen and oxygen atoms in total. The van der Waals surface area contributed by atoms with Crippen LogP contribution >= 0.6 is 39.9 Å². The summed E-state index contributed by atoms with van der Waals surface area (Å²) in [6, 6.07) is 6.84. The minimum absolute atomic E-state index is 0.272. The number of esters is 1. The first-order valence-electron chi connectivity index (χ1n) is 6.04. The number of carbonyl (C=O) groups is 2. The summed E-state index contributed by atoms with van der Waals surface area (Å²) in [5, 5.41) is 0. The lowest BCUT2D eigenvalue weighted by Gasteiger charge is -2.20. The normalized spacial score (nSPS) is 18.2. The van der Waals surface area contributed by atoms with Crippen molar-refractivity contribution in [3.63, 3.8) is 0 Å². The van der Waals surface area contributed by atoms with Crippen molar-refractivity contribution in [3.8, 4) is 0 Å². The van der Waals surface area contributed by atoms with Crippen LogP contribution in [0, 0.1) is 0 Å². The van der Waals surface area contributed by atoms with Crippen molar-refractivity contribution in [3.05, 3.63) is 39.2 Å². The number of nitrogens with zero attached hydrogens (tertiary/aromatic N) is 1. The molecule has 1 aromatic rings. The number of thiocarbonyl (C=S) groups is 1. The molecule has 1 amide bonds. The maximum Gasteiger partial charge on any atom is 0.328 e. The molecule has 7 heteroatoms. The van der Waals surface area contributed by atoms with E-state index in [-0.39, 0.29) is 5.91 Å².